The van der Waals surface area contributed by atoms with Crippen LogP contribution in [0.15, 0.2) is 30.5 Å². The Hall–Kier alpha value is -3.58. The number of rotatable bonds is 14. The highest BCUT2D eigenvalue weighted by atomic mass is 16.7. The van der Waals surface area contributed by atoms with Crippen molar-refractivity contribution in [2.45, 2.75) is 173 Å². The topological polar surface area (TPSA) is 354 Å². The molecule has 5 saturated carbocycles. The summed E-state index contributed by atoms with van der Waals surface area (Å²) in [4.78, 5) is 45.3. The number of hydrogen-bond acceptors (Lipinski definition) is 17. The Bertz CT molecular complexity index is 2600. The summed E-state index contributed by atoms with van der Waals surface area (Å²) in [6.45, 7) is 10.7. The second-order valence-electron chi connectivity index (χ2n) is 27.6. The van der Waals surface area contributed by atoms with Crippen LogP contribution < -0.4 is 21.7 Å². The molecule has 24 atom stereocenters. The number of aliphatic hydroxyl groups is 8. The molecule has 16 N–H and O–H groups in total. The quantitative estimate of drug-likeness (QED) is 0.0728. The molecule has 5 heterocycles. The van der Waals surface area contributed by atoms with Crippen LogP contribution in [0.4, 0.5) is 5.82 Å². The summed E-state index contributed by atoms with van der Waals surface area (Å²) in [6.07, 6.45) is 2.27. The van der Waals surface area contributed by atoms with Crippen LogP contribution in [-0.2, 0) is 25.5 Å². The van der Waals surface area contributed by atoms with Crippen LogP contribution in [0.1, 0.15) is 123 Å². The molecule has 0 aromatic carbocycles. The van der Waals surface area contributed by atoms with Crippen LogP contribution in [0.25, 0.3) is 0 Å². The Morgan fingerprint density at radius 2 is 1.68 bits per heavy atom. The van der Waals surface area contributed by atoms with Gasteiger partial charge in [0.2, 0.25) is 5.91 Å². The molecule has 1 spiro atoms. The summed E-state index contributed by atoms with van der Waals surface area (Å²) < 4.78 is 12.7. The van der Waals surface area contributed by atoms with Gasteiger partial charge in [-0.1, -0.05) is 59.1 Å². The zero-order valence-corrected chi connectivity index (χ0v) is 46.9. The van der Waals surface area contributed by atoms with Crippen molar-refractivity contribution < 1.29 is 65.0 Å². The third-order valence-corrected chi connectivity index (χ3v) is 24.6. The van der Waals surface area contributed by atoms with E-state index >= 15 is 4.79 Å². The lowest BCUT2D eigenvalue weighted by atomic mass is 9.29. The molecule has 0 radical (unpaired) electrons. The van der Waals surface area contributed by atoms with Crippen LogP contribution >= 0.6 is 0 Å². The van der Waals surface area contributed by atoms with E-state index in [1.54, 1.807) is 19.6 Å². The maximum Gasteiger partial charge on any atom is 0.310 e. The Kier molecular flexibility index (Phi) is 14.7. The second-order valence-corrected chi connectivity index (χ2v) is 27.6. The number of imidazole rings is 2. The van der Waals surface area contributed by atoms with Gasteiger partial charge >= 0.3 is 5.97 Å². The lowest BCUT2D eigenvalue weighted by molar-refractivity contribution is -0.341. The maximum atomic E-state index is 15.2. The average Bonchev–Trinajstić information content (AvgIpc) is 2.24. The number of nitrogens with one attached hydrogen (secondary N) is 5. The van der Waals surface area contributed by atoms with E-state index in [9.17, 15) is 50.8 Å². The van der Waals surface area contributed by atoms with Crippen molar-refractivity contribution in [2.24, 2.45) is 91.0 Å². The van der Waals surface area contributed by atoms with E-state index in [1.807, 2.05) is 6.92 Å². The summed E-state index contributed by atoms with van der Waals surface area (Å²) in [5.74, 6) is -4.83. The normalized spacial score (nSPS) is 46.6. The van der Waals surface area contributed by atoms with Crippen LogP contribution in [0.2, 0.25) is 0 Å². The van der Waals surface area contributed by atoms with Crippen molar-refractivity contribution in [2.75, 3.05) is 45.3 Å². The Morgan fingerprint density at radius 3 is 2.34 bits per heavy atom. The molecule has 79 heavy (non-hydrogen) atoms. The van der Waals surface area contributed by atoms with E-state index in [-0.39, 0.29) is 55.8 Å². The number of ether oxygens (including phenoxy) is 2. The van der Waals surface area contributed by atoms with Crippen molar-refractivity contribution in [3.8, 4) is 0 Å². The predicted octanol–water partition coefficient (Wildman–Crippen LogP) is 1.73. The molecule has 9 aliphatic rings. The fourth-order valence-electron chi connectivity index (χ4n) is 20.3. The van der Waals surface area contributed by atoms with Gasteiger partial charge in [-0.05, 0) is 134 Å². The van der Waals surface area contributed by atoms with E-state index in [4.69, 9.17) is 15.2 Å². The minimum Gasteiger partial charge on any atom is -0.481 e. The van der Waals surface area contributed by atoms with Crippen molar-refractivity contribution in [3.63, 3.8) is 0 Å². The zero-order chi connectivity index (χ0) is 56.6. The van der Waals surface area contributed by atoms with E-state index in [1.165, 1.54) is 6.33 Å². The van der Waals surface area contributed by atoms with Gasteiger partial charge in [0.25, 0.3) is 0 Å². The molecule has 2 saturated heterocycles. The standard InChI is InChI=1S/C58H90N8O13/c1-52(24-67)15-16-58(51(76)77)33(19-52)29-9-10-39-54(3,56(29,5)30-18-35-48(65-27-64-35)62-21-34(30)58)14-11-38-53(2,25-68)46(79-49-45(73)44(72)37(69)23-78-49)43(71)32(55(38,39)4)17-31-41(66-50(75)57(31)12-7-8-13-57)40(36-22-61-26-63-36)42(70)28(20-60-6)47(59)74/h9,22,26-28,30-34,37-47,49,60,62,67-74H,7-8,10-21,23-25,59H2,1-6H3,(H,61,63)(H,64,65)(H,66,75)(H,76,77). The van der Waals surface area contributed by atoms with Gasteiger partial charge in [0.05, 0.1) is 60.7 Å². The number of aromatic nitrogens is 4. The molecule has 21 heteroatoms. The SMILES string of the molecule is CNCC(C(N)O)C(O)C(c1cnc[nH]1)C1NC(=O)C2(CCCC2)C1CC1C(O)C(OC2OCC(O)C(O)C2O)C(C)(CO)C2CCC3(C)C(CC=C4C5CC(C)(CO)CCC5(C(=O)O)C5CNc6nc[nH]c6CC5C43C)C12C. The highest BCUT2D eigenvalue weighted by molar-refractivity contribution is 5.86. The molecule has 2 aromatic rings. The minimum absolute atomic E-state index is 0.0725. The van der Waals surface area contributed by atoms with Crippen molar-refractivity contribution >= 4 is 17.7 Å². The smallest absolute Gasteiger partial charge is 0.310 e. The average molecular weight is 1110 g/mol. The first-order valence-electron chi connectivity index (χ1n) is 29.4. The molecular weight excluding hydrogens is 1020 g/mol. The number of nitrogens with two attached hydrogens (primary N) is 1. The predicted molar refractivity (Wildman–Crippen MR) is 287 cm³/mol. The molecule has 21 nitrogen and oxygen atoms in total. The lowest BCUT2D eigenvalue weighted by Crippen LogP contribution is -2.74. The highest BCUT2D eigenvalue weighted by Crippen LogP contribution is 2.80. The van der Waals surface area contributed by atoms with Crippen LogP contribution in [-0.4, -0.2) is 173 Å². The van der Waals surface area contributed by atoms with Gasteiger partial charge in [0.15, 0.2) is 6.29 Å². The maximum absolute atomic E-state index is 15.2. The number of aromatic amines is 2. The summed E-state index contributed by atoms with van der Waals surface area (Å²) in [6, 6.07) is -0.762. The van der Waals surface area contributed by atoms with Crippen molar-refractivity contribution in [3.05, 3.63) is 41.9 Å². The Morgan fingerprint density at radius 1 is 0.937 bits per heavy atom. The van der Waals surface area contributed by atoms with E-state index in [0.29, 0.717) is 75.8 Å². The first-order chi connectivity index (χ1) is 37.5. The highest BCUT2D eigenvalue weighted by Gasteiger charge is 2.77. The number of allylic oxidation sites excluding steroid dienone is 2. The molecule has 1 amide bonds. The molecule has 440 valence electrons. The Labute approximate surface area is 462 Å². The first kappa shape index (κ1) is 57.2. The summed E-state index contributed by atoms with van der Waals surface area (Å²) >= 11 is 0. The van der Waals surface area contributed by atoms with Crippen LogP contribution in [0, 0.1) is 85.2 Å². The number of carbonyl (C=O) groups excluding carboxylic acids is 1. The second kappa shape index (κ2) is 20.3. The number of fused-ring (bicyclic) bond motifs is 11. The minimum atomic E-state index is -1.70. The third kappa shape index (κ3) is 8.11. The fourth-order valence-corrected chi connectivity index (χ4v) is 20.3. The van der Waals surface area contributed by atoms with Gasteiger partial charge in [0.1, 0.15) is 30.4 Å². The summed E-state index contributed by atoms with van der Waals surface area (Å²) in [5, 5.41) is 116. The van der Waals surface area contributed by atoms with Gasteiger partial charge in [0, 0.05) is 54.9 Å². The lowest BCUT2D eigenvalue weighted by Gasteiger charge is -2.75. The fraction of sp³-hybridized carbons (Fsp3) is 0.828. The zero-order valence-electron chi connectivity index (χ0n) is 46.9. The van der Waals surface area contributed by atoms with E-state index in [0.717, 1.165) is 24.1 Å². The number of aliphatic carboxylic acids is 1. The number of aliphatic hydroxyl groups excluding tert-OH is 8. The van der Waals surface area contributed by atoms with Gasteiger partial charge in [-0.3, -0.25) is 9.59 Å². The van der Waals surface area contributed by atoms with Crippen LogP contribution in [0.3, 0.4) is 0 Å². The number of H-pyrrole nitrogens is 2. The van der Waals surface area contributed by atoms with Crippen LogP contribution in [0.5, 0.6) is 0 Å². The van der Waals surface area contributed by atoms with Gasteiger partial charge in [-0.2, -0.15) is 0 Å². The molecular formula is C58H90N8O13. The number of nitrogens with zero attached hydrogens (tertiary/aromatic N) is 2. The van der Waals surface area contributed by atoms with E-state index < -0.39 is 135 Å². The molecule has 24 unspecified atom stereocenters. The Balaban J connectivity index is 1.10. The van der Waals surface area contributed by atoms with Gasteiger partial charge < -0.3 is 87.1 Å². The molecule has 0 bridgehead atoms. The largest absolute Gasteiger partial charge is 0.481 e. The molecule has 2 aromatic heterocycles. The summed E-state index contributed by atoms with van der Waals surface area (Å²) in [7, 11) is 1.71. The molecule has 11 rings (SSSR count). The van der Waals surface area contributed by atoms with Crippen molar-refractivity contribution in [1.82, 2.24) is 30.6 Å². The number of carbonyl (C=O) groups is 2. The molecule has 3 aliphatic heterocycles. The number of amides is 1. The molecule has 6 aliphatic carbocycles. The number of anilines is 1. The number of carboxylic acids is 1. The first-order valence-corrected chi connectivity index (χ1v) is 29.4. The van der Waals surface area contributed by atoms with Gasteiger partial charge in [-0.15, -0.1) is 0 Å². The van der Waals surface area contributed by atoms with Gasteiger partial charge in [-0.25, -0.2) is 9.97 Å². The molecule has 7 fully saturated rings. The number of carboxylic acid groups (broad SMARTS) is 1. The van der Waals surface area contributed by atoms with E-state index in [2.05, 4.69) is 69.7 Å². The monoisotopic (exact) mass is 1110 g/mol. The van der Waals surface area contributed by atoms with Crippen molar-refractivity contribution in [1.29, 1.82) is 0 Å². The summed E-state index contributed by atoms with van der Waals surface area (Å²) in [5.41, 5.74) is 2.87. The number of hydrogen-bond donors (Lipinski definition) is 15. The third-order valence-electron chi connectivity index (χ3n) is 24.6.